The molecule has 0 atom stereocenters. The Kier molecular flexibility index (Phi) is 5.24. The van der Waals surface area contributed by atoms with Crippen LogP contribution in [0.5, 0.6) is 5.75 Å². The number of halogens is 1. The lowest BCUT2D eigenvalue weighted by Crippen LogP contribution is -1.99. The molecule has 0 aliphatic rings. The van der Waals surface area contributed by atoms with Crippen LogP contribution in [0, 0.1) is 6.92 Å². The van der Waals surface area contributed by atoms with Gasteiger partial charge in [-0.25, -0.2) is 0 Å². The molecule has 0 fully saturated rings. The molecule has 2 rings (SSSR count). The van der Waals surface area contributed by atoms with Crippen LogP contribution >= 0.6 is 15.9 Å². The molecule has 0 spiro atoms. The molecule has 4 heteroatoms. The number of Topliss-reactive ketones (excluding diaryl/α,β-unsaturated/α-hetero) is 1. The summed E-state index contributed by atoms with van der Waals surface area (Å²) in [6.07, 6.45) is 2.28. The summed E-state index contributed by atoms with van der Waals surface area (Å²) in [5.74, 6) is 1.33. The Morgan fingerprint density at radius 3 is 2.90 bits per heavy atom. The van der Waals surface area contributed by atoms with Crippen LogP contribution in [0.2, 0.25) is 0 Å². The van der Waals surface area contributed by atoms with Crippen molar-refractivity contribution in [2.75, 3.05) is 11.9 Å². The number of fused-ring (bicyclic) bond motifs is 1. The molecule has 0 saturated carbocycles. The average Bonchev–Trinajstić information content (AvgIpc) is 2.78. The second-order valence-electron chi connectivity index (χ2n) is 4.75. The van der Waals surface area contributed by atoms with Gasteiger partial charge in [0.2, 0.25) is 0 Å². The fourth-order valence-corrected chi connectivity index (χ4v) is 2.46. The predicted octanol–water partition coefficient (Wildman–Crippen LogP) is 4.89. The molecule has 0 aliphatic heterocycles. The average molecular weight is 339 g/mol. The van der Waals surface area contributed by atoms with E-state index in [2.05, 4.69) is 15.9 Å². The number of ether oxygens (including phenoxy) is 1. The number of hydrogen-bond donors (Lipinski definition) is 0. The summed E-state index contributed by atoms with van der Waals surface area (Å²) < 4.78 is 11.5. The molecule has 1 aromatic heterocycles. The van der Waals surface area contributed by atoms with E-state index in [9.17, 15) is 4.79 Å². The normalized spacial score (nSPS) is 10.9. The predicted molar refractivity (Wildman–Crippen MR) is 84.1 cm³/mol. The monoisotopic (exact) mass is 338 g/mol. The Labute approximate surface area is 127 Å². The number of ketones is 1. The zero-order chi connectivity index (χ0) is 14.5. The van der Waals surface area contributed by atoms with Crippen molar-refractivity contribution >= 4 is 32.7 Å². The minimum absolute atomic E-state index is 0.0626. The molecule has 20 heavy (non-hydrogen) atoms. The second-order valence-corrected chi connectivity index (χ2v) is 5.54. The number of rotatable bonds is 7. The molecular formula is C16H19BrO3. The molecule has 3 nitrogen and oxygen atoms in total. The van der Waals surface area contributed by atoms with Crippen molar-refractivity contribution in [3.05, 3.63) is 29.5 Å². The van der Waals surface area contributed by atoms with Crippen molar-refractivity contribution in [2.24, 2.45) is 0 Å². The Hall–Kier alpha value is -1.29. The molecule has 0 N–H and O–H groups in total. The van der Waals surface area contributed by atoms with Crippen LogP contribution < -0.4 is 4.74 Å². The standard InChI is InChI=1S/C16H19BrO3/c1-3-6-12(18)16-11(2)15-13(19-10-5-9-17)7-4-8-14(15)20-16/h4,7-8H,3,5-6,9-10H2,1-2H3. The molecular weight excluding hydrogens is 320 g/mol. The molecule has 0 unspecified atom stereocenters. The van der Waals surface area contributed by atoms with Crippen molar-refractivity contribution in [1.82, 2.24) is 0 Å². The minimum atomic E-state index is 0.0626. The number of aryl methyl sites for hydroxylation is 1. The van der Waals surface area contributed by atoms with Gasteiger partial charge in [0.1, 0.15) is 11.3 Å². The third-order valence-electron chi connectivity index (χ3n) is 3.18. The van der Waals surface area contributed by atoms with E-state index in [0.29, 0.717) is 18.8 Å². The molecule has 1 heterocycles. The van der Waals surface area contributed by atoms with Crippen LogP contribution in [-0.2, 0) is 0 Å². The fourth-order valence-electron chi connectivity index (χ4n) is 2.23. The van der Waals surface area contributed by atoms with Gasteiger partial charge in [-0.05, 0) is 31.9 Å². The van der Waals surface area contributed by atoms with Gasteiger partial charge in [0, 0.05) is 17.3 Å². The summed E-state index contributed by atoms with van der Waals surface area (Å²) in [7, 11) is 0. The molecule has 2 aromatic rings. The van der Waals surface area contributed by atoms with Crippen LogP contribution in [0.3, 0.4) is 0 Å². The summed E-state index contributed by atoms with van der Waals surface area (Å²) in [5.41, 5.74) is 1.60. The zero-order valence-electron chi connectivity index (χ0n) is 11.9. The van der Waals surface area contributed by atoms with Gasteiger partial charge < -0.3 is 9.15 Å². The largest absolute Gasteiger partial charge is 0.493 e. The van der Waals surface area contributed by atoms with E-state index in [1.54, 1.807) is 0 Å². The highest BCUT2D eigenvalue weighted by atomic mass is 79.9. The highest BCUT2D eigenvalue weighted by Gasteiger charge is 2.19. The van der Waals surface area contributed by atoms with E-state index >= 15 is 0 Å². The van der Waals surface area contributed by atoms with Crippen LogP contribution in [0.15, 0.2) is 22.6 Å². The van der Waals surface area contributed by atoms with Gasteiger partial charge in [0.15, 0.2) is 11.5 Å². The van der Waals surface area contributed by atoms with Gasteiger partial charge >= 0.3 is 0 Å². The number of furan rings is 1. The van der Waals surface area contributed by atoms with Crippen LogP contribution in [0.4, 0.5) is 0 Å². The maximum absolute atomic E-state index is 12.1. The van der Waals surface area contributed by atoms with Gasteiger partial charge in [-0.2, -0.15) is 0 Å². The van der Waals surface area contributed by atoms with Crippen molar-refractivity contribution < 1.29 is 13.9 Å². The third-order valence-corrected chi connectivity index (χ3v) is 3.74. The van der Waals surface area contributed by atoms with E-state index < -0.39 is 0 Å². The molecule has 1 aromatic carbocycles. The summed E-state index contributed by atoms with van der Waals surface area (Å²) >= 11 is 3.38. The van der Waals surface area contributed by atoms with E-state index in [4.69, 9.17) is 9.15 Å². The van der Waals surface area contributed by atoms with Crippen molar-refractivity contribution in [3.63, 3.8) is 0 Å². The van der Waals surface area contributed by atoms with Crippen molar-refractivity contribution in [1.29, 1.82) is 0 Å². The first-order valence-corrected chi connectivity index (χ1v) is 8.05. The van der Waals surface area contributed by atoms with Crippen LogP contribution in [-0.4, -0.2) is 17.7 Å². The molecule has 0 aliphatic carbocycles. The van der Waals surface area contributed by atoms with E-state index in [-0.39, 0.29) is 5.78 Å². The lowest BCUT2D eigenvalue weighted by molar-refractivity contribution is 0.0956. The highest BCUT2D eigenvalue weighted by Crippen LogP contribution is 2.33. The summed E-state index contributed by atoms with van der Waals surface area (Å²) in [4.78, 5) is 12.1. The SMILES string of the molecule is CCCC(=O)c1oc2cccc(OCCCBr)c2c1C. The molecule has 0 saturated heterocycles. The van der Waals surface area contributed by atoms with Crippen LogP contribution in [0.1, 0.15) is 42.3 Å². The Morgan fingerprint density at radius 1 is 1.40 bits per heavy atom. The van der Waals surface area contributed by atoms with E-state index in [1.807, 2.05) is 32.0 Å². The minimum Gasteiger partial charge on any atom is -0.493 e. The lowest BCUT2D eigenvalue weighted by atomic mass is 10.1. The summed E-state index contributed by atoms with van der Waals surface area (Å²) in [5, 5.41) is 1.83. The first-order chi connectivity index (χ1) is 9.69. The topological polar surface area (TPSA) is 39.4 Å². The lowest BCUT2D eigenvalue weighted by Gasteiger charge is -2.06. The van der Waals surface area contributed by atoms with E-state index in [0.717, 1.165) is 40.5 Å². The number of benzene rings is 1. The maximum atomic E-state index is 12.1. The molecule has 108 valence electrons. The fraction of sp³-hybridized carbons (Fsp3) is 0.438. The van der Waals surface area contributed by atoms with Crippen molar-refractivity contribution in [3.8, 4) is 5.75 Å². The number of hydrogen-bond acceptors (Lipinski definition) is 3. The molecule has 0 amide bonds. The number of carbonyl (C=O) groups excluding carboxylic acids is 1. The number of alkyl halides is 1. The van der Waals surface area contributed by atoms with Gasteiger partial charge in [-0.1, -0.05) is 28.9 Å². The first kappa shape index (κ1) is 15.1. The van der Waals surface area contributed by atoms with Gasteiger partial charge in [-0.3, -0.25) is 4.79 Å². The Morgan fingerprint density at radius 2 is 2.20 bits per heavy atom. The number of carbonyl (C=O) groups is 1. The third kappa shape index (κ3) is 3.06. The first-order valence-electron chi connectivity index (χ1n) is 6.93. The van der Waals surface area contributed by atoms with Gasteiger partial charge in [-0.15, -0.1) is 0 Å². The quantitative estimate of drug-likeness (QED) is 0.410. The molecule has 0 bridgehead atoms. The summed E-state index contributed by atoms with van der Waals surface area (Å²) in [6, 6.07) is 5.69. The van der Waals surface area contributed by atoms with Crippen LogP contribution in [0.25, 0.3) is 11.0 Å². The summed E-state index contributed by atoms with van der Waals surface area (Å²) in [6.45, 7) is 4.56. The smallest absolute Gasteiger partial charge is 0.198 e. The highest BCUT2D eigenvalue weighted by molar-refractivity contribution is 9.09. The Bertz CT molecular complexity index is 601. The van der Waals surface area contributed by atoms with Crippen molar-refractivity contribution in [2.45, 2.75) is 33.1 Å². The Balaban J connectivity index is 2.38. The van der Waals surface area contributed by atoms with Gasteiger partial charge in [0.05, 0.1) is 12.0 Å². The van der Waals surface area contributed by atoms with E-state index in [1.165, 1.54) is 0 Å². The second kappa shape index (κ2) is 6.93. The zero-order valence-corrected chi connectivity index (χ0v) is 13.5. The maximum Gasteiger partial charge on any atom is 0.198 e. The molecule has 0 radical (unpaired) electrons. The van der Waals surface area contributed by atoms with Gasteiger partial charge in [0.25, 0.3) is 0 Å².